The van der Waals surface area contributed by atoms with E-state index in [-0.39, 0.29) is 30.9 Å². The van der Waals surface area contributed by atoms with Crippen molar-refractivity contribution in [2.24, 2.45) is 0 Å². The summed E-state index contributed by atoms with van der Waals surface area (Å²) in [6, 6.07) is 4.03. The molecule has 2 heterocycles. The molecule has 0 bridgehead atoms. The fourth-order valence-electron chi connectivity index (χ4n) is 3.10. The predicted molar refractivity (Wildman–Crippen MR) is 79.5 cm³/mol. The number of nitrogens with zero attached hydrogens (tertiary/aromatic N) is 1. The van der Waals surface area contributed by atoms with Crippen molar-refractivity contribution in [2.45, 2.75) is 24.6 Å². The predicted octanol–water partition coefficient (Wildman–Crippen LogP) is 2.31. The van der Waals surface area contributed by atoms with E-state index in [1.165, 1.54) is 18.2 Å². The molecule has 1 aromatic rings. The molecular formula is C14H15ClF3N3O2. The molecule has 0 atom stereocenters. The number of urea groups is 1. The van der Waals surface area contributed by atoms with Crippen molar-refractivity contribution >= 4 is 30.0 Å². The molecule has 0 unspecified atom stereocenters. The first-order valence-corrected chi connectivity index (χ1v) is 6.89. The number of anilines is 1. The number of carbonyl (C=O) groups is 2. The molecule has 0 aromatic heterocycles. The van der Waals surface area contributed by atoms with Crippen LogP contribution in [0.1, 0.15) is 18.4 Å². The number of halogens is 4. The second-order valence-electron chi connectivity index (χ2n) is 5.39. The monoisotopic (exact) mass is 349 g/mol. The molecule has 2 aliphatic heterocycles. The molecule has 0 aliphatic carbocycles. The van der Waals surface area contributed by atoms with E-state index < -0.39 is 29.2 Å². The van der Waals surface area contributed by atoms with Gasteiger partial charge in [0, 0.05) is 0 Å². The van der Waals surface area contributed by atoms with Gasteiger partial charge in [0.2, 0.25) is 0 Å². The van der Waals surface area contributed by atoms with Crippen LogP contribution in [0.2, 0.25) is 0 Å². The molecule has 5 nitrogen and oxygen atoms in total. The zero-order valence-electron chi connectivity index (χ0n) is 11.9. The number of imide groups is 1. The minimum Gasteiger partial charge on any atom is -0.317 e. The molecule has 3 rings (SSSR count). The lowest BCUT2D eigenvalue weighted by Gasteiger charge is -2.39. The number of nitrogens with one attached hydrogen (secondary N) is 2. The Labute approximate surface area is 136 Å². The Balaban J connectivity index is 0.00000192. The van der Waals surface area contributed by atoms with Crippen LogP contribution in [-0.2, 0) is 11.0 Å². The van der Waals surface area contributed by atoms with Gasteiger partial charge in [-0.25, -0.2) is 4.79 Å². The van der Waals surface area contributed by atoms with Crippen molar-refractivity contribution in [1.82, 2.24) is 10.6 Å². The zero-order chi connectivity index (χ0) is 16.0. The van der Waals surface area contributed by atoms with E-state index >= 15 is 0 Å². The minimum absolute atomic E-state index is 0. The number of carbonyl (C=O) groups excluding carboxylic acids is 2. The lowest BCUT2D eigenvalue weighted by Crippen LogP contribution is -2.56. The van der Waals surface area contributed by atoms with Gasteiger partial charge in [0.25, 0.3) is 5.91 Å². The third-order valence-electron chi connectivity index (χ3n) is 4.16. The van der Waals surface area contributed by atoms with Gasteiger partial charge in [-0.05, 0) is 38.1 Å². The fraction of sp³-hybridized carbons (Fsp3) is 0.429. The van der Waals surface area contributed by atoms with E-state index in [4.69, 9.17) is 0 Å². The maximum atomic E-state index is 13.2. The van der Waals surface area contributed by atoms with E-state index in [0.29, 0.717) is 13.1 Å². The van der Waals surface area contributed by atoms with Crippen LogP contribution in [0.4, 0.5) is 23.7 Å². The number of alkyl halides is 3. The van der Waals surface area contributed by atoms with Gasteiger partial charge in [-0.15, -0.1) is 12.4 Å². The first-order chi connectivity index (χ1) is 10.4. The fourth-order valence-corrected chi connectivity index (χ4v) is 3.10. The summed E-state index contributed by atoms with van der Waals surface area (Å²) in [6.07, 6.45) is -4.05. The molecule has 1 spiro atoms. The number of rotatable bonds is 1. The quantitative estimate of drug-likeness (QED) is 0.765. The maximum Gasteiger partial charge on any atom is 0.418 e. The van der Waals surface area contributed by atoms with E-state index in [1.54, 1.807) is 0 Å². The molecule has 2 saturated heterocycles. The minimum atomic E-state index is -4.60. The second-order valence-corrected chi connectivity index (χ2v) is 5.39. The van der Waals surface area contributed by atoms with Gasteiger partial charge in [0.1, 0.15) is 5.54 Å². The third kappa shape index (κ3) is 2.76. The van der Waals surface area contributed by atoms with Gasteiger partial charge in [0.05, 0.1) is 11.3 Å². The van der Waals surface area contributed by atoms with Crippen LogP contribution in [0, 0.1) is 0 Å². The highest BCUT2D eigenvalue weighted by Crippen LogP contribution is 2.42. The van der Waals surface area contributed by atoms with Crippen LogP contribution in [0.15, 0.2) is 24.3 Å². The number of benzene rings is 1. The van der Waals surface area contributed by atoms with Crippen LogP contribution < -0.4 is 15.5 Å². The molecule has 2 aliphatic rings. The van der Waals surface area contributed by atoms with Crippen LogP contribution in [-0.4, -0.2) is 30.6 Å². The van der Waals surface area contributed by atoms with Crippen molar-refractivity contribution in [3.8, 4) is 0 Å². The summed E-state index contributed by atoms with van der Waals surface area (Å²) >= 11 is 0. The number of hydrogen-bond acceptors (Lipinski definition) is 3. The SMILES string of the molecule is Cl.O=C1NC(=O)C2(CCNCC2)N1c1ccccc1C(F)(F)F. The molecule has 1 aromatic carbocycles. The molecular weight excluding hydrogens is 335 g/mol. The molecule has 0 radical (unpaired) electrons. The summed E-state index contributed by atoms with van der Waals surface area (Å²) in [7, 11) is 0. The number of amides is 3. The summed E-state index contributed by atoms with van der Waals surface area (Å²) < 4.78 is 39.7. The largest absolute Gasteiger partial charge is 0.418 e. The Bertz CT molecular complexity index is 630. The Morgan fingerprint density at radius 1 is 1.09 bits per heavy atom. The van der Waals surface area contributed by atoms with Crippen LogP contribution in [0.3, 0.4) is 0 Å². The summed E-state index contributed by atoms with van der Waals surface area (Å²) in [6.45, 7) is 0.927. The Morgan fingerprint density at radius 3 is 2.30 bits per heavy atom. The number of hydrogen-bond donors (Lipinski definition) is 2. The number of piperidine rings is 1. The first kappa shape index (κ1) is 17.6. The second kappa shape index (κ2) is 6.01. The van der Waals surface area contributed by atoms with Crippen LogP contribution >= 0.6 is 12.4 Å². The van der Waals surface area contributed by atoms with Crippen molar-refractivity contribution in [2.75, 3.05) is 18.0 Å². The topological polar surface area (TPSA) is 61.4 Å². The van der Waals surface area contributed by atoms with Gasteiger partial charge >= 0.3 is 12.2 Å². The maximum absolute atomic E-state index is 13.2. The lowest BCUT2D eigenvalue weighted by atomic mass is 9.86. The summed E-state index contributed by atoms with van der Waals surface area (Å²) in [4.78, 5) is 25.4. The molecule has 126 valence electrons. The van der Waals surface area contributed by atoms with Gasteiger partial charge in [-0.2, -0.15) is 13.2 Å². The van der Waals surface area contributed by atoms with Crippen molar-refractivity contribution in [3.63, 3.8) is 0 Å². The van der Waals surface area contributed by atoms with Gasteiger partial charge in [-0.3, -0.25) is 15.0 Å². The van der Waals surface area contributed by atoms with Crippen LogP contribution in [0.5, 0.6) is 0 Å². The Morgan fingerprint density at radius 2 is 1.70 bits per heavy atom. The molecule has 23 heavy (non-hydrogen) atoms. The van der Waals surface area contributed by atoms with E-state index in [1.807, 2.05) is 0 Å². The summed E-state index contributed by atoms with van der Waals surface area (Å²) in [5.74, 6) is -0.532. The van der Waals surface area contributed by atoms with Gasteiger partial charge in [0.15, 0.2) is 0 Å². The van der Waals surface area contributed by atoms with Gasteiger partial charge in [-0.1, -0.05) is 12.1 Å². The molecule has 3 amide bonds. The van der Waals surface area contributed by atoms with E-state index in [2.05, 4.69) is 10.6 Å². The van der Waals surface area contributed by atoms with E-state index in [9.17, 15) is 22.8 Å². The van der Waals surface area contributed by atoms with Crippen molar-refractivity contribution in [3.05, 3.63) is 29.8 Å². The highest BCUT2D eigenvalue weighted by Gasteiger charge is 2.55. The highest BCUT2D eigenvalue weighted by atomic mass is 35.5. The smallest absolute Gasteiger partial charge is 0.317 e. The molecule has 0 saturated carbocycles. The third-order valence-corrected chi connectivity index (χ3v) is 4.16. The molecule has 2 N–H and O–H groups in total. The van der Waals surface area contributed by atoms with Crippen molar-refractivity contribution in [1.29, 1.82) is 0 Å². The van der Waals surface area contributed by atoms with E-state index in [0.717, 1.165) is 11.0 Å². The summed E-state index contributed by atoms with van der Waals surface area (Å²) in [5, 5.41) is 5.21. The lowest BCUT2D eigenvalue weighted by molar-refractivity contribution is -0.137. The standard InChI is InChI=1S/C14H14F3N3O2.ClH/c15-14(16,17)9-3-1-2-4-10(9)20-12(22)19-11(21)13(20)5-7-18-8-6-13;/h1-4,18H,5-8H2,(H,19,21,22);1H. The number of para-hydroxylation sites is 1. The van der Waals surface area contributed by atoms with Crippen LogP contribution in [0.25, 0.3) is 0 Å². The zero-order valence-corrected chi connectivity index (χ0v) is 12.8. The molecule has 9 heteroatoms. The normalized spacial score (nSPS) is 20.4. The Kier molecular flexibility index (Phi) is 4.59. The average Bonchev–Trinajstić information content (AvgIpc) is 2.69. The highest BCUT2D eigenvalue weighted by molar-refractivity contribution is 6.17. The van der Waals surface area contributed by atoms with Gasteiger partial charge < -0.3 is 5.32 Å². The first-order valence-electron chi connectivity index (χ1n) is 6.89. The molecule has 2 fully saturated rings. The summed E-state index contributed by atoms with van der Waals surface area (Å²) in [5.41, 5.74) is -2.44. The van der Waals surface area contributed by atoms with Crippen molar-refractivity contribution < 1.29 is 22.8 Å². The average molecular weight is 350 g/mol. The Hall–Kier alpha value is -1.80.